The molecule has 0 saturated heterocycles. The van der Waals surface area contributed by atoms with Gasteiger partial charge in [0.2, 0.25) is 0 Å². The molecular weight excluding hydrogens is 226 g/mol. The van der Waals surface area contributed by atoms with E-state index in [-0.39, 0.29) is 5.91 Å². The van der Waals surface area contributed by atoms with Gasteiger partial charge < -0.3 is 15.2 Å². The molecule has 2 rings (SSSR count). The Labute approximate surface area is 107 Å². The SMILES string of the molecule is CNC(=O)c1cccc(NCc2ccn(C)c2)c1. The van der Waals surface area contributed by atoms with E-state index in [4.69, 9.17) is 0 Å². The molecule has 0 saturated carbocycles. The quantitative estimate of drug-likeness (QED) is 0.862. The van der Waals surface area contributed by atoms with Crippen molar-refractivity contribution < 1.29 is 4.79 Å². The summed E-state index contributed by atoms with van der Waals surface area (Å²) < 4.78 is 2.01. The highest BCUT2D eigenvalue weighted by Gasteiger charge is 2.03. The summed E-state index contributed by atoms with van der Waals surface area (Å²) in [5.41, 5.74) is 2.82. The van der Waals surface area contributed by atoms with Crippen LogP contribution in [0.15, 0.2) is 42.7 Å². The second-order valence-corrected chi connectivity index (χ2v) is 4.20. The third kappa shape index (κ3) is 2.91. The molecule has 1 heterocycles. The molecule has 0 bridgehead atoms. The highest BCUT2D eigenvalue weighted by Crippen LogP contribution is 2.12. The van der Waals surface area contributed by atoms with Gasteiger partial charge in [-0.1, -0.05) is 6.07 Å². The Bertz CT molecular complexity index is 545. The van der Waals surface area contributed by atoms with Gasteiger partial charge in [-0.3, -0.25) is 4.79 Å². The molecule has 0 atom stereocenters. The summed E-state index contributed by atoms with van der Waals surface area (Å²) in [6.07, 6.45) is 4.08. The molecule has 0 spiro atoms. The smallest absolute Gasteiger partial charge is 0.251 e. The average Bonchev–Trinajstić information content (AvgIpc) is 2.81. The molecule has 2 aromatic rings. The summed E-state index contributed by atoms with van der Waals surface area (Å²) in [6, 6.07) is 9.54. The van der Waals surface area contributed by atoms with Gasteiger partial charge in [-0.15, -0.1) is 0 Å². The maximum Gasteiger partial charge on any atom is 0.251 e. The van der Waals surface area contributed by atoms with Gasteiger partial charge in [-0.25, -0.2) is 0 Å². The number of hydrogen-bond donors (Lipinski definition) is 2. The first kappa shape index (κ1) is 12.2. The van der Waals surface area contributed by atoms with E-state index in [1.165, 1.54) is 5.56 Å². The maximum atomic E-state index is 11.5. The van der Waals surface area contributed by atoms with Crippen molar-refractivity contribution in [2.45, 2.75) is 6.54 Å². The van der Waals surface area contributed by atoms with Crippen LogP contribution in [0.5, 0.6) is 0 Å². The Hall–Kier alpha value is -2.23. The minimum Gasteiger partial charge on any atom is -0.381 e. The highest BCUT2D eigenvalue weighted by molar-refractivity contribution is 5.94. The number of aromatic nitrogens is 1. The standard InChI is InChI=1S/C14H17N3O/c1-15-14(18)12-4-3-5-13(8-12)16-9-11-6-7-17(2)10-11/h3-8,10,16H,9H2,1-2H3,(H,15,18). The van der Waals surface area contributed by atoms with Gasteiger partial charge in [0, 0.05) is 44.3 Å². The van der Waals surface area contributed by atoms with Crippen molar-refractivity contribution >= 4 is 11.6 Å². The zero-order valence-electron chi connectivity index (χ0n) is 10.6. The molecular formula is C14H17N3O. The summed E-state index contributed by atoms with van der Waals surface area (Å²) in [5, 5.41) is 5.92. The number of anilines is 1. The first-order chi connectivity index (χ1) is 8.69. The predicted molar refractivity (Wildman–Crippen MR) is 72.6 cm³/mol. The Balaban J connectivity index is 2.03. The van der Waals surface area contributed by atoms with Crippen molar-refractivity contribution in [2.24, 2.45) is 7.05 Å². The lowest BCUT2D eigenvalue weighted by Gasteiger charge is -2.07. The molecule has 0 unspecified atom stereocenters. The topological polar surface area (TPSA) is 46.1 Å². The summed E-state index contributed by atoms with van der Waals surface area (Å²) in [7, 11) is 3.63. The van der Waals surface area contributed by atoms with E-state index in [0.717, 1.165) is 12.2 Å². The molecule has 0 fully saturated rings. The molecule has 18 heavy (non-hydrogen) atoms. The van der Waals surface area contributed by atoms with Crippen LogP contribution in [0.1, 0.15) is 15.9 Å². The first-order valence-corrected chi connectivity index (χ1v) is 5.86. The molecule has 0 aliphatic heterocycles. The van der Waals surface area contributed by atoms with Gasteiger partial charge >= 0.3 is 0 Å². The van der Waals surface area contributed by atoms with E-state index < -0.39 is 0 Å². The zero-order valence-corrected chi connectivity index (χ0v) is 10.6. The third-order valence-corrected chi connectivity index (χ3v) is 2.74. The van der Waals surface area contributed by atoms with Crippen molar-refractivity contribution in [3.05, 3.63) is 53.9 Å². The Morgan fingerprint density at radius 3 is 2.83 bits per heavy atom. The number of nitrogens with zero attached hydrogens (tertiary/aromatic N) is 1. The lowest BCUT2D eigenvalue weighted by atomic mass is 10.2. The number of carbonyl (C=O) groups is 1. The van der Waals surface area contributed by atoms with Crippen molar-refractivity contribution in [3.8, 4) is 0 Å². The van der Waals surface area contributed by atoms with Crippen LogP contribution < -0.4 is 10.6 Å². The van der Waals surface area contributed by atoms with E-state index in [0.29, 0.717) is 5.56 Å². The predicted octanol–water partition coefficient (Wildman–Crippen LogP) is 2.00. The van der Waals surface area contributed by atoms with Gasteiger partial charge in [0.05, 0.1) is 0 Å². The second kappa shape index (κ2) is 5.40. The minimum absolute atomic E-state index is 0.0710. The molecule has 1 aromatic heterocycles. The molecule has 2 N–H and O–H groups in total. The highest BCUT2D eigenvalue weighted by atomic mass is 16.1. The number of benzene rings is 1. The lowest BCUT2D eigenvalue weighted by molar-refractivity contribution is 0.0963. The van der Waals surface area contributed by atoms with Crippen molar-refractivity contribution in [3.63, 3.8) is 0 Å². The molecule has 0 aliphatic rings. The number of carbonyl (C=O) groups excluding carboxylic acids is 1. The van der Waals surface area contributed by atoms with Crippen LogP contribution in [0, 0.1) is 0 Å². The summed E-state index contributed by atoms with van der Waals surface area (Å²) in [5.74, 6) is -0.0710. The fraction of sp³-hybridized carbons (Fsp3) is 0.214. The van der Waals surface area contributed by atoms with Crippen LogP contribution in [0.3, 0.4) is 0 Å². The van der Waals surface area contributed by atoms with Crippen molar-refractivity contribution in [2.75, 3.05) is 12.4 Å². The van der Waals surface area contributed by atoms with E-state index in [2.05, 4.69) is 22.9 Å². The molecule has 0 aliphatic carbocycles. The Morgan fingerprint density at radius 1 is 1.33 bits per heavy atom. The van der Waals surface area contributed by atoms with Crippen LogP contribution in [0.4, 0.5) is 5.69 Å². The summed E-state index contributed by atoms with van der Waals surface area (Å²) >= 11 is 0. The minimum atomic E-state index is -0.0710. The third-order valence-electron chi connectivity index (χ3n) is 2.74. The van der Waals surface area contributed by atoms with Gasteiger partial charge in [0.25, 0.3) is 5.91 Å². The monoisotopic (exact) mass is 243 g/mol. The first-order valence-electron chi connectivity index (χ1n) is 5.86. The largest absolute Gasteiger partial charge is 0.381 e. The number of amides is 1. The fourth-order valence-electron chi connectivity index (χ4n) is 1.78. The zero-order chi connectivity index (χ0) is 13.0. The maximum absolute atomic E-state index is 11.5. The van der Waals surface area contributed by atoms with E-state index in [1.54, 1.807) is 13.1 Å². The van der Waals surface area contributed by atoms with Crippen molar-refractivity contribution in [1.29, 1.82) is 0 Å². The van der Waals surface area contributed by atoms with Crippen LogP contribution in [0.2, 0.25) is 0 Å². The molecule has 0 radical (unpaired) electrons. The van der Waals surface area contributed by atoms with E-state index in [1.807, 2.05) is 36.0 Å². The van der Waals surface area contributed by atoms with E-state index in [9.17, 15) is 4.79 Å². The number of rotatable bonds is 4. The second-order valence-electron chi connectivity index (χ2n) is 4.20. The van der Waals surface area contributed by atoms with Gasteiger partial charge in [0.1, 0.15) is 0 Å². The van der Waals surface area contributed by atoms with Crippen LogP contribution >= 0.6 is 0 Å². The number of nitrogens with one attached hydrogen (secondary N) is 2. The van der Waals surface area contributed by atoms with E-state index >= 15 is 0 Å². The summed E-state index contributed by atoms with van der Waals surface area (Å²) in [4.78, 5) is 11.5. The molecule has 1 aromatic carbocycles. The Morgan fingerprint density at radius 2 is 2.17 bits per heavy atom. The normalized spacial score (nSPS) is 10.1. The van der Waals surface area contributed by atoms with Crippen LogP contribution in [-0.4, -0.2) is 17.5 Å². The van der Waals surface area contributed by atoms with Gasteiger partial charge in [0.15, 0.2) is 0 Å². The molecule has 4 heteroatoms. The van der Waals surface area contributed by atoms with Crippen LogP contribution in [0.25, 0.3) is 0 Å². The Kier molecular flexibility index (Phi) is 3.67. The van der Waals surface area contributed by atoms with Crippen LogP contribution in [-0.2, 0) is 13.6 Å². The van der Waals surface area contributed by atoms with Gasteiger partial charge in [-0.2, -0.15) is 0 Å². The fourth-order valence-corrected chi connectivity index (χ4v) is 1.78. The molecule has 1 amide bonds. The lowest BCUT2D eigenvalue weighted by Crippen LogP contribution is -2.17. The average molecular weight is 243 g/mol. The van der Waals surface area contributed by atoms with Gasteiger partial charge in [-0.05, 0) is 29.8 Å². The molecule has 94 valence electrons. The van der Waals surface area contributed by atoms with Crippen molar-refractivity contribution in [1.82, 2.24) is 9.88 Å². The number of aryl methyl sites for hydroxylation is 1. The molecule has 4 nitrogen and oxygen atoms in total. The number of hydrogen-bond acceptors (Lipinski definition) is 2. The summed E-state index contributed by atoms with van der Waals surface area (Å²) in [6.45, 7) is 0.748.